The van der Waals surface area contributed by atoms with Gasteiger partial charge in [-0.15, -0.1) is 0 Å². The number of carbonyl (C=O) groups excluding carboxylic acids is 1. The van der Waals surface area contributed by atoms with Gasteiger partial charge in [-0.3, -0.25) is 0 Å². The number of ether oxygens (including phenoxy) is 2. The Labute approximate surface area is 81.2 Å². The average molecular weight is 201 g/mol. The Balaban J connectivity index is 3.11. The van der Waals surface area contributed by atoms with Crippen molar-refractivity contribution in [2.24, 2.45) is 0 Å². The Hall–Kier alpha value is -1.22. The maximum atomic E-state index is 11.1. The Bertz CT molecular complexity index is 323. The van der Waals surface area contributed by atoms with Crippen LogP contribution in [0.2, 0.25) is 5.02 Å². The molecule has 13 heavy (non-hydrogen) atoms. The average Bonchev–Trinajstić information content (AvgIpc) is 2.17. The molecule has 0 aliphatic carbocycles. The summed E-state index contributed by atoms with van der Waals surface area (Å²) >= 11 is 5.77. The van der Waals surface area contributed by atoms with Gasteiger partial charge < -0.3 is 9.47 Å². The molecule has 1 aromatic carbocycles. The van der Waals surface area contributed by atoms with Gasteiger partial charge in [0.25, 0.3) is 0 Å². The molecule has 0 atom stereocenters. The lowest BCUT2D eigenvalue weighted by atomic mass is 10.2. The van der Waals surface area contributed by atoms with Crippen LogP contribution in [0.1, 0.15) is 10.4 Å². The van der Waals surface area contributed by atoms with E-state index in [2.05, 4.69) is 4.74 Å². The van der Waals surface area contributed by atoms with Crippen LogP contribution in [0.5, 0.6) is 5.75 Å². The smallest absolute Gasteiger partial charge is 0.339 e. The molecule has 0 aliphatic heterocycles. The van der Waals surface area contributed by atoms with Crippen LogP contribution in [-0.4, -0.2) is 20.2 Å². The third kappa shape index (κ3) is 2.12. The van der Waals surface area contributed by atoms with Crippen molar-refractivity contribution in [2.75, 3.05) is 14.2 Å². The number of rotatable bonds is 2. The van der Waals surface area contributed by atoms with Crippen molar-refractivity contribution in [1.29, 1.82) is 0 Å². The molecule has 0 heterocycles. The molecule has 0 aromatic heterocycles. The summed E-state index contributed by atoms with van der Waals surface area (Å²) in [6, 6.07) is 4.80. The van der Waals surface area contributed by atoms with Crippen molar-refractivity contribution in [3.8, 4) is 5.75 Å². The first-order valence-electron chi connectivity index (χ1n) is 3.61. The molecule has 0 radical (unpaired) electrons. The number of carbonyl (C=O) groups is 1. The van der Waals surface area contributed by atoms with Gasteiger partial charge in [-0.05, 0) is 18.2 Å². The minimum Gasteiger partial charge on any atom is -0.497 e. The number of methoxy groups -OCH3 is 2. The summed E-state index contributed by atoms with van der Waals surface area (Å²) in [7, 11) is 2.82. The van der Waals surface area contributed by atoms with Gasteiger partial charge in [0.15, 0.2) is 0 Å². The van der Waals surface area contributed by atoms with Gasteiger partial charge in [0.1, 0.15) is 5.75 Å². The number of esters is 1. The minimum atomic E-state index is -0.469. The first kappa shape index (κ1) is 9.86. The van der Waals surface area contributed by atoms with Gasteiger partial charge in [0.05, 0.1) is 24.8 Å². The van der Waals surface area contributed by atoms with Gasteiger partial charge in [-0.2, -0.15) is 0 Å². The molecule has 0 bridgehead atoms. The van der Waals surface area contributed by atoms with E-state index in [0.29, 0.717) is 16.3 Å². The summed E-state index contributed by atoms with van der Waals surface area (Å²) in [5, 5.41) is 0.354. The van der Waals surface area contributed by atoms with Crippen molar-refractivity contribution >= 4 is 17.6 Å². The molecule has 4 heteroatoms. The standard InChI is InChI=1S/C9H9ClO3/c1-12-6-3-4-8(10)7(5-6)9(11)13-2/h3-5H,1-2H3. The Morgan fingerprint density at radius 3 is 2.62 bits per heavy atom. The zero-order valence-electron chi connectivity index (χ0n) is 7.33. The molecule has 0 N–H and O–H groups in total. The fourth-order valence-electron chi connectivity index (χ4n) is 0.898. The number of hydrogen-bond acceptors (Lipinski definition) is 3. The van der Waals surface area contributed by atoms with Crippen LogP contribution < -0.4 is 4.74 Å². The third-order valence-electron chi connectivity index (χ3n) is 1.58. The molecule has 3 nitrogen and oxygen atoms in total. The molecule has 70 valence electrons. The Morgan fingerprint density at radius 1 is 1.38 bits per heavy atom. The predicted octanol–water partition coefficient (Wildman–Crippen LogP) is 2.14. The Kier molecular flexibility index (Phi) is 3.14. The van der Waals surface area contributed by atoms with Crippen LogP contribution >= 0.6 is 11.6 Å². The van der Waals surface area contributed by atoms with Crippen LogP contribution in [0.15, 0.2) is 18.2 Å². The molecule has 0 amide bonds. The van der Waals surface area contributed by atoms with Crippen LogP contribution in [0.4, 0.5) is 0 Å². The fourth-order valence-corrected chi connectivity index (χ4v) is 1.09. The maximum absolute atomic E-state index is 11.1. The molecule has 0 saturated heterocycles. The van der Waals surface area contributed by atoms with Crippen molar-refractivity contribution < 1.29 is 14.3 Å². The zero-order valence-corrected chi connectivity index (χ0v) is 8.09. The highest BCUT2D eigenvalue weighted by atomic mass is 35.5. The topological polar surface area (TPSA) is 35.5 Å². The molecule has 0 unspecified atom stereocenters. The molecule has 0 saturated carbocycles. The highest BCUT2D eigenvalue weighted by Crippen LogP contribution is 2.22. The van der Waals surface area contributed by atoms with Crippen LogP contribution in [0, 0.1) is 0 Å². The quantitative estimate of drug-likeness (QED) is 0.687. The molecule has 1 rings (SSSR count). The predicted molar refractivity (Wildman–Crippen MR) is 49.3 cm³/mol. The second-order valence-electron chi connectivity index (χ2n) is 2.34. The Morgan fingerprint density at radius 2 is 2.08 bits per heavy atom. The van der Waals surface area contributed by atoms with Crippen molar-refractivity contribution in [3.63, 3.8) is 0 Å². The van der Waals surface area contributed by atoms with E-state index in [1.54, 1.807) is 12.1 Å². The second-order valence-corrected chi connectivity index (χ2v) is 2.74. The van der Waals surface area contributed by atoms with Gasteiger partial charge in [-0.1, -0.05) is 11.6 Å². The van der Waals surface area contributed by atoms with E-state index in [-0.39, 0.29) is 0 Å². The lowest BCUT2D eigenvalue weighted by molar-refractivity contribution is 0.0600. The number of halogens is 1. The largest absolute Gasteiger partial charge is 0.497 e. The fraction of sp³-hybridized carbons (Fsp3) is 0.222. The monoisotopic (exact) mass is 200 g/mol. The van der Waals surface area contributed by atoms with Crippen molar-refractivity contribution in [3.05, 3.63) is 28.8 Å². The SMILES string of the molecule is COC(=O)c1cc(OC)ccc1Cl. The molecule has 0 fully saturated rings. The van der Waals surface area contributed by atoms with Crippen LogP contribution in [-0.2, 0) is 4.74 Å². The van der Waals surface area contributed by atoms with E-state index in [4.69, 9.17) is 16.3 Å². The molecular weight excluding hydrogens is 192 g/mol. The van der Waals surface area contributed by atoms with Crippen LogP contribution in [0.3, 0.4) is 0 Å². The molecular formula is C9H9ClO3. The first-order valence-corrected chi connectivity index (χ1v) is 3.98. The van der Waals surface area contributed by atoms with E-state index in [9.17, 15) is 4.79 Å². The molecule has 0 spiro atoms. The van der Waals surface area contributed by atoms with Crippen molar-refractivity contribution in [2.45, 2.75) is 0 Å². The maximum Gasteiger partial charge on any atom is 0.339 e. The van der Waals surface area contributed by atoms with Gasteiger partial charge in [0.2, 0.25) is 0 Å². The third-order valence-corrected chi connectivity index (χ3v) is 1.91. The summed E-state index contributed by atoms with van der Waals surface area (Å²) in [6.45, 7) is 0. The van der Waals surface area contributed by atoms with Crippen LogP contribution in [0.25, 0.3) is 0 Å². The summed E-state index contributed by atoms with van der Waals surface area (Å²) in [5.74, 6) is 0.105. The first-order chi connectivity index (χ1) is 6.19. The van der Waals surface area contributed by atoms with Gasteiger partial charge in [0, 0.05) is 0 Å². The van der Waals surface area contributed by atoms with Gasteiger partial charge >= 0.3 is 5.97 Å². The minimum absolute atomic E-state index is 0.309. The van der Waals surface area contributed by atoms with E-state index >= 15 is 0 Å². The molecule has 1 aromatic rings. The van der Waals surface area contributed by atoms with E-state index < -0.39 is 5.97 Å². The number of benzene rings is 1. The van der Waals surface area contributed by atoms with E-state index in [1.165, 1.54) is 20.3 Å². The van der Waals surface area contributed by atoms with Crippen molar-refractivity contribution in [1.82, 2.24) is 0 Å². The highest BCUT2D eigenvalue weighted by molar-refractivity contribution is 6.33. The molecule has 0 aliphatic rings. The zero-order chi connectivity index (χ0) is 9.84. The highest BCUT2D eigenvalue weighted by Gasteiger charge is 2.11. The lowest BCUT2D eigenvalue weighted by Gasteiger charge is -2.04. The number of hydrogen-bond donors (Lipinski definition) is 0. The lowest BCUT2D eigenvalue weighted by Crippen LogP contribution is -2.02. The van der Waals surface area contributed by atoms with Gasteiger partial charge in [-0.25, -0.2) is 4.79 Å². The van der Waals surface area contributed by atoms with E-state index in [0.717, 1.165) is 0 Å². The summed E-state index contributed by atoms with van der Waals surface area (Å²) in [5.41, 5.74) is 0.309. The summed E-state index contributed by atoms with van der Waals surface area (Å²) in [6.07, 6.45) is 0. The van der Waals surface area contributed by atoms with E-state index in [1.807, 2.05) is 0 Å². The second kappa shape index (κ2) is 4.14. The summed E-state index contributed by atoms with van der Waals surface area (Å²) < 4.78 is 9.48. The summed E-state index contributed by atoms with van der Waals surface area (Å²) in [4.78, 5) is 11.1. The normalized spacial score (nSPS) is 9.46.